The van der Waals surface area contributed by atoms with Gasteiger partial charge in [0.05, 0.1) is 31.5 Å². The van der Waals surface area contributed by atoms with Crippen LogP contribution >= 0.6 is 0 Å². The van der Waals surface area contributed by atoms with E-state index in [-0.39, 0.29) is 12.0 Å². The highest BCUT2D eigenvalue weighted by Crippen LogP contribution is 2.35. The fraction of sp³-hybridized carbons (Fsp3) is 0.435. The molecule has 0 aliphatic carbocycles. The summed E-state index contributed by atoms with van der Waals surface area (Å²) in [5.41, 5.74) is 2.09. The monoisotopic (exact) mass is 396 g/mol. The SMILES string of the molecule is CC(C)Oc1ccccc1CN1C[C@H](C(=O)N2CCOCC2)Oc2ccccc21. The molecule has 0 spiro atoms. The molecule has 4 rings (SSSR count). The summed E-state index contributed by atoms with van der Waals surface area (Å²) in [4.78, 5) is 17.1. The largest absolute Gasteiger partial charge is 0.491 e. The van der Waals surface area contributed by atoms with Gasteiger partial charge in [0, 0.05) is 25.2 Å². The highest BCUT2D eigenvalue weighted by atomic mass is 16.5. The van der Waals surface area contributed by atoms with E-state index in [1.807, 2.05) is 61.2 Å². The van der Waals surface area contributed by atoms with Gasteiger partial charge in [-0.05, 0) is 32.0 Å². The Hall–Kier alpha value is -2.73. The summed E-state index contributed by atoms with van der Waals surface area (Å²) < 4.78 is 17.5. The molecule has 1 atom stereocenters. The zero-order valence-electron chi connectivity index (χ0n) is 17.0. The van der Waals surface area contributed by atoms with Crippen LogP contribution in [0.4, 0.5) is 5.69 Å². The lowest BCUT2D eigenvalue weighted by atomic mass is 10.1. The maximum atomic E-state index is 13.1. The molecule has 0 bridgehead atoms. The molecule has 0 unspecified atom stereocenters. The van der Waals surface area contributed by atoms with Crippen LogP contribution in [0, 0.1) is 0 Å². The van der Waals surface area contributed by atoms with Crippen molar-refractivity contribution in [3.8, 4) is 11.5 Å². The van der Waals surface area contributed by atoms with Crippen molar-refractivity contribution < 1.29 is 19.0 Å². The number of benzene rings is 2. The third-order valence-corrected chi connectivity index (χ3v) is 5.16. The number of carbonyl (C=O) groups excluding carboxylic acids is 1. The number of carbonyl (C=O) groups is 1. The van der Waals surface area contributed by atoms with E-state index >= 15 is 0 Å². The molecule has 0 radical (unpaired) electrons. The number of amides is 1. The molecule has 0 aromatic heterocycles. The predicted molar refractivity (Wildman–Crippen MR) is 112 cm³/mol. The third kappa shape index (κ3) is 4.48. The number of rotatable bonds is 5. The molecule has 6 heteroatoms. The van der Waals surface area contributed by atoms with Crippen LogP contribution in [0.2, 0.25) is 0 Å². The van der Waals surface area contributed by atoms with E-state index in [9.17, 15) is 4.79 Å². The maximum Gasteiger partial charge on any atom is 0.265 e. The van der Waals surface area contributed by atoms with Crippen LogP contribution < -0.4 is 14.4 Å². The predicted octanol–water partition coefficient (Wildman–Crippen LogP) is 3.10. The molecule has 6 nitrogen and oxygen atoms in total. The standard InChI is InChI=1S/C23H28N2O4/c1-17(2)28-20-9-5-3-7-18(20)15-25-16-22(23(26)24-11-13-27-14-12-24)29-21-10-6-4-8-19(21)25/h3-10,17,22H,11-16H2,1-2H3/t22-/m1/s1. The Morgan fingerprint density at radius 2 is 1.83 bits per heavy atom. The Morgan fingerprint density at radius 1 is 1.10 bits per heavy atom. The smallest absolute Gasteiger partial charge is 0.265 e. The van der Waals surface area contributed by atoms with E-state index in [2.05, 4.69) is 11.0 Å². The summed E-state index contributed by atoms with van der Waals surface area (Å²) in [7, 11) is 0. The van der Waals surface area contributed by atoms with Crippen molar-refractivity contribution in [3.05, 3.63) is 54.1 Å². The summed E-state index contributed by atoms with van der Waals surface area (Å²) in [5.74, 6) is 1.65. The van der Waals surface area contributed by atoms with Gasteiger partial charge in [0.15, 0.2) is 6.10 Å². The lowest BCUT2D eigenvalue weighted by Crippen LogP contribution is -2.52. The summed E-state index contributed by atoms with van der Waals surface area (Å²) in [6, 6.07) is 16.0. The summed E-state index contributed by atoms with van der Waals surface area (Å²) >= 11 is 0. The molecule has 0 saturated carbocycles. The Kier molecular flexibility index (Phi) is 5.90. The van der Waals surface area contributed by atoms with Crippen molar-refractivity contribution in [1.82, 2.24) is 4.90 Å². The minimum absolute atomic E-state index is 0.0273. The molecule has 1 amide bonds. The van der Waals surface area contributed by atoms with Crippen LogP contribution in [0.5, 0.6) is 11.5 Å². The first kappa shape index (κ1) is 19.6. The van der Waals surface area contributed by atoms with Crippen LogP contribution in [0.3, 0.4) is 0 Å². The van der Waals surface area contributed by atoms with E-state index < -0.39 is 6.10 Å². The normalized spacial score (nSPS) is 18.9. The topological polar surface area (TPSA) is 51.2 Å². The first-order valence-electron chi connectivity index (χ1n) is 10.2. The molecular weight excluding hydrogens is 368 g/mol. The van der Waals surface area contributed by atoms with Crippen LogP contribution in [0.25, 0.3) is 0 Å². The zero-order valence-corrected chi connectivity index (χ0v) is 17.0. The van der Waals surface area contributed by atoms with Crippen molar-refractivity contribution in [3.63, 3.8) is 0 Å². The quantitative estimate of drug-likeness (QED) is 0.777. The van der Waals surface area contributed by atoms with Gasteiger partial charge in [0.2, 0.25) is 0 Å². The Balaban J connectivity index is 1.58. The number of para-hydroxylation sites is 3. The fourth-order valence-electron chi connectivity index (χ4n) is 3.78. The third-order valence-electron chi connectivity index (χ3n) is 5.16. The minimum Gasteiger partial charge on any atom is -0.491 e. The summed E-state index contributed by atoms with van der Waals surface area (Å²) in [6.07, 6.45) is -0.426. The van der Waals surface area contributed by atoms with Gasteiger partial charge in [0.25, 0.3) is 5.91 Å². The number of morpholine rings is 1. The molecule has 1 saturated heterocycles. The van der Waals surface area contributed by atoms with Gasteiger partial charge < -0.3 is 24.0 Å². The van der Waals surface area contributed by atoms with Crippen LogP contribution in [0.15, 0.2) is 48.5 Å². The second kappa shape index (κ2) is 8.74. The fourth-order valence-corrected chi connectivity index (χ4v) is 3.78. The average Bonchev–Trinajstić information content (AvgIpc) is 2.75. The molecule has 2 aliphatic heterocycles. The highest BCUT2D eigenvalue weighted by molar-refractivity contribution is 5.83. The van der Waals surface area contributed by atoms with E-state index in [0.717, 1.165) is 22.7 Å². The molecule has 0 N–H and O–H groups in total. The van der Waals surface area contributed by atoms with Crippen LogP contribution in [0.1, 0.15) is 19.4 Å². The summed E-state index contributed by atoms with van der Waals surface area (Å²) in [5, 5.41) is 0. The van der Waals surface area contributed by atoms with Gasteiger partial charge >= 0.3 is 0 Å². The molecular formula is C23H28N2O4. The Morgan fingerprint density at radius 3 is 2.62 bits per heavy atom. The van der Waals surface area contributed by atoms with Crippen molar-refractivity contribution in [2.24, 2.45) is 0 Å². The van der Waals surface area contributed by atoms with Gasteiger partial charge in [-0.3, -0.25) is 4.79 Å². The second-order valence-electron chi connectivity index (χ2n) is 7.67. The number of hydrogen-bond acceptors (Lipinski definition) is 5. The molecule has 154 valence electrons. The average molecular weight is 396 g/mol. The maximum absolute atomic E-state index is 13.1. The Labute approximate surface area is 172 Å². The first-order valence-corrected chi connectivity index (χ1v) is 10.2. The Bertz CT molecular complexity index is 848. The molecule has 29 heavy (non-hydrogen) atoms. The lowest BCUT2D eigenvalue weighted by Gasteiger charge is -2.38. The molecule has 1 fully saturated rings. The van der Waals surface area contributed by atoms with Crippen molar-refractivity contribution in [1.29, 1.82) is 0 Å². The summed E-state index contributed by atoms with van der Waals surface area (Å²) in [6.45, 7) is 7.60. The number of nitrogens with zero attached hydrogens (tertiary/aromatic N) is 2. The first-order chi connectivity index (χ1) is 14.1. The van der Waals surface area contributed by atoms with Crippen molar-refractivity contribution in [2.75, 3.05) is 37.7 Å². The zero-order chi connectivity index (χ0) is 20.2. The van der Waals surface area contributed by atoms with Gasteiger partial charge in [-0.2, -0.15) is 0 Å². The van der Waals surface area contributed by atoms with E-state index in [4.69, 9.17) is 14.2 Å². The molecule has 2 aromatic rings. The van der Waals surface area contributed by atoms with Crippen LogP contribution in [-0.2, 0) is 16.1 Å². The molecule has 2 aromatic carbocycles. The number of hydrogen-bond donors (Lipinski definition) is 0. The van der Waals surface area contributed by atoms with E-state index in [1.54, 1.807) is 0 Å². The van der Waals surface area contributed by atoms with Gasteiger partial charge in [-0.15, -0.1) is 0 Å². The molecule has 2 aliphatic rings. The van der Waals surface area contributed by atoms with E-state index in [1.165, 1.54) is 0 Å². The van der Waals surface area contributed by atoms with E-state index in [0.29, 0.717) is 39.4 Å². The van der Waals surface area contributed by atoms with Crippen molar-refractivity contribution in [2.45, 2.75) is 32.6 Å². The minimum atomic E-state index is -0.527. The van der Waals surface area contributed by atoms with Gasteiger partial charge in [0.1, 0.15) is 11.5 Å². The van der Waals surface area contributed by atoms with Gasteiger partial charge in [-0.1, -0.05) is 30.3 Å². The van der Waals surface area contributed by atoms with Crippen LogP contribution in [-0.4, -0.2) is 55.9 Å². The number of anilines is 1. The number of ether oxygens (including phenoxy) is 3. The van der Waals surface area contributed by atoms with Gasteiger partial charge in [-0.25, -0.2) is 0 Å². The highest BCUT2D eigenvalue weighted by Gasteiger charge is 2.34. The second-order valence-corrected chi connectivity index (χ2v) is 7.67. The molecule has 2 heterocycles. The lowest BCUT2D eigenvalue weighted by molar-refractivity contribution is -0.142. The van der Waals surface area contributed by atoms with Crippen molar-refractivity contribution >= 4 is 11.6 Å². The number of fused-ring (bicyclic) bond motifs is 1.